The molecule has 0 fully saturated rings. The molecule has 3 unspecified atom stereocenters. The normalized spacial score (nSPS) is 18.6. The summed E-state index contributed by atoms with van der Waals surface area (Å²) in [5.41, 5.74) is 2.70. The van der Waals surface area contributed by atoms with E-state index in [1.54, 1.807) is 55.5 Å². The van der Waals surface area contributed by atoms with E-state index >= 15 is 0 Å². The van der Waals surface area contributed by atoms with Crippen LogP contribution in [0.25, 0.3) is 0 Å². The number of hydrogen-bond acceptors (Lipinski definition) is 4. The fraction of sp³-hybridized carbons (Fsp3) is 0.192. The van der Waals surface area contributed by atoms with Gasteiger partial charge in [-0.15, -0.1) is 0 Å². The number of benzene rings is 3. The van der Waals surface area contributed by atoms with Gasteiger partial charge >= 0.3 is 5.97 Å². The number of hydrogen-bond donors (Lipinski definition) is 0. The minimum Gasteiger partial charge on any atom is -0.426 e. The van der Waals surface area contributed by atoms with Crippen molar-refractivity contribution in [1.82, 2.24) is 0 Å². The first-order valence-electron chi connectivity index (χ1n) is 10.1. The first kappa shape index (κ1) is 21.2. The maximum absolute atomic E-state index is 13.4. The zero-order valence-electron chi connectivity index (χ0n) is 17.2. The van der Waals surface area contributed by atoms with E-state index in [4.69, 9.17) is 4.74 Å². The van der Waals surface area contributed by atoms with E-state index in [0.29, 0.717) is 22.4 Å². The van der Waals surface area contributed by atoms with Gasteiger partial charge in [-0.1, -0.05) is 83.0 Å². The Hall–Kier alpha value is -3.05. The predicted octanol–water partition coefficient (Wildman–Crippen LogP) is 5.78. The number of halogens is 1. The van der Waals surface area contributed by atoms with Gasteiger partial charge in [-0.05, 0) is 25.1 Å². The Labute approximate surface area is 189 Å². The maximum Gasteiger partial charge on any atom is 0.322 e. The van der Waals surface area contributed by atoms with Crippen LogP contribution in [0.5, 0.6) is 5.75 Å². The lowest BCUT2D eigenvalue weighted by Crippen LogP contribution is -2.41. The molecule has 0 bridgehead atoms. The molecule has 1 heterocycles. The molecule has 3 aromatic rings. The van der Waals surface area contributed by atoms with E-state index in [-0.39, 0.29) is 11.6 Å². The van der Waals surface area contributed by atoms with Gasteiger partial charge in [0.05, 0.1) is 0 Å². The molecule has 3 atom stereocenters. The Bertz CT molecular complexity index is 1150. The minimum absolute atomic E-state index is 0.114. The fourth-order valence-corrected chi connectivity index (χ4v) is 4.50. The largest absolute Gasteiger partial charge is 0.426 e. The fourth-order valence-electron chi connectivity index (χ4n) is 4.12. The number of fused-ring (bicyclic) bond motifs is 1. The first-order valence-corrected chi connectivity index (χ1v) is 10.9. The van der Waals surface area contributed by atoms with Gasteiger partial charge in [-0.25, -0.2) is 0 Å². The average molecular weight is 477 g/mol. The second-order valence-electron chi connectivity index (χ2n) is 7.86. The van der Waals surface area contributed by atoms with Gasteiger partial charge in [0.1, 0.15) is 11.7 Å². The molecule has 156 valence electrons. The second kappa shape index (κ2) is 8.60. The van der Waals surface area contributed by atoms with Crippen molar-refractivity contribution in [3.8, 4) is 5.75 Å². The average Bonchev–Trinajstić information content (AvgIpc) is 2.78. The number of esters is 1. The van der Waals surface area contributed by atoms with Crippen molar-refractivity contribution in [2.24, 2.45) is 11.8 Å². The van der Waals surface area contributed by atoms with Crippen LogP contribution in [0.4, 0.5) is 0 Å². The third-order valence-corrected chi connectivity index (χ3v) is 6.28. The van der Waals surface area contributed by atoms with Crippen LogP contribution in [0.2, 0.25) is 0 Å². The number of aryl methyl sites for hydroxylation is 1. The lowest BCUT2D eigenvalue weighted by molar-refractivity contribution is -0.139. The third-order valence-electron chi connectivity index (χ3n) is 5.78. The van der Waals surface area contributed by atoms with E-state index < -0.39 is 23.7 Å². The molecule has 4 rings (SSSR count). The highest BCUT2D eigenvalue weighted by Crippen LogP contribution is 2.45. The van der Waals surface area contributed by atoms with Crippen LogP contribution in [0.1, 0.15) is 44.7 Å². The highest BCUT2D eigenvalue weighted by atomic mass is 79.9. The number of carbonyl (C=O) groups is 3. The molecule has 0 N–H and O–H groups in total. The maximum atomic E-state index is 13.4. The summed E-state index contributed by atoms with van der Waals surface area (Å²) in [5, 5.41) is 0. The van der Waals surface area contributed by atoms with Crippen molar-refractivity contribution in [2.75, 3.05) is 0 Å². The summed E-state index contributed by atoms with van der Waals surface area (Å²) in [6.45, 7) is 3.73. The molecule has 3 aromatic carbocycles. The molecule has 0 amide bonds. The minimum atomic E-state index is -1.10. The third kappa shape index (κ3) is 4.10. The number of ketones is 2. The molecule has 0 aromatic heterocycles. The van der Waals surface area contributed by atoms with Crippen molar-refractivity contribution in [1.29, 1.82) is 0 Å². The van der Waals surface area contributed by atoms with Crippen LogP contribution in [-0.2, 0) is 4.79 Å². The molecule has 0 radical (unpaired) electrons. The lowest BCUT2D eigenvalue weighted by atomic mass is 9.71. The van der Waals surface area contributed by atoms with Crippen LogP contribution in [-0.4, -0.2) is 17.5 Å². The number of ether oxygens (including phenoxy) is 1. The summed E-state index contributed by atoms with van der Waals surface area (Å²) in [6.07, 6.45) is 0. The highest BCUT2D eigenvalue weighted by molar-refractivity contribution is 9.10. The Morgan fingerprint density at radius 1 is 0.935 bits per heavy atom. The van der Waals surface area contributed by atoms with E-state index in [1.165, 1.54) is 0 Å². The summed E-state index contributed by atoms with van der Waals surface area (Å²) in [7, 11) is 0. The molecule has 0 aliphatic carbocycles. The van der Waals surface area contributed by atoms with Gasteiger partial charge < -0.3 is 4.74 Å². The SMILES string of the molecule is Cc1ccc(C(=O)C(C)C2c3cc(Br)ccc3OC(=O)C2C(=O)c2ccccc2)cc1. The number of rotatable bonds is 5. The predicted molar refractivity (Wildman–Crippen MR) is 121 cm³/mol. The molecule has 0 spiro atoms. The molecule has 31 heavy (non-hydrogen) atoms. The quantitative estimate of drug-likeness (QED) is 0.202. The van der Waals surface area contributed by atoms with Crippen molar-refractivity contribution in [3.63, 3.8) is 0 Å². The van der Waals surface area contributed by atoms with Crippen LogP contribution < -0.4 is 4.74 Å². The summed E-state index contributed by atoms with van der Waals surface area (Å²) in [6, 6.07) is 21.3. The van der Waals surface area contributed by atoms with Crippen molar-refractivity contribution in [3.05, 3.63) is 99.5 Å². The van der Waals surface area contributed by atoms with Gasteiger partial charge in [0.15, 0.2) is 11.6 Å². The van der Waals surface area contributed by atoms with Gasteiger partial charge in [0.25, 0.3) is 0 Å². The molecular formula is C26H21BrO4. The zero-order valence-corrected chi connectivity index (χ0v) is 18.8. The monoisotopic (exact) mass is 476 g/mol. The van der Waals surface area contributed by atoms with Crippen molar-refractivity contribution < 1.29 is 19.1 Å². The summed E-state index contributed by atoms with van der Waals surface area (Å²) >= 11 is 3.46. The van der Waals surface area contributed by atoms with Crippen LogP contribution in [0, 0.1) is 18.8 Å². The molecule has 4 nitrogen and oxygen atoms in total. The van der Waals surface area contributed by atoms with Crippen molar-refractivity contribution in [2.45, 2.75) is 19.8 Å². The molecule has 5 heteroatoms. The van der Waals surface area contributed by atoms with E-state index in [2.05, 4.69) is 15.9 Å². The second-order valence-corrected chi connectivity index (χ2v) is 8.77. The smallest absolute Gasteiger partial charge is 0.322 e. The Morgan fingerprint density at radius 3 is 2.29 bits per heavy atom. The molecule has 1 aliphatic heterocycles. The van der Waals surface area contributed by atoms with E-state index in [0.717, 1.165) is 10.0 Å². The molecule has 0 saturated carbocycles. The van der Waals surface area contributed by atoms with Gasteiger partial charge in [-0.3, -0.25) is 14.4 Å². The summed E-state index contributed by atoms with van der Waals surface area (Å²) < 4.78 is 6.32. The van der Waals surface area contributed by atoms with Crippen molar-refractivity contribution >= 4 is 33.5 Å². The van der Waals surface area contributed by atoms with Crippen LogP contribution in [0.3, 0.4) is 0 Å². The standard InChI is InChI=1S/C26H21BrO4/c1-15-8-10-18(11-9-15)24(28)16(2)22-20-14-19(27)12-13-21(20)31-26(30)23(22)25(29)17-6-4-3-5-7-17/h3-14,16,22-23H,1-2H3. The number of Topliss-reactive ketones (excluding diaryl/α,β-unsaturated/α-hetero) is 2. The van der Waals surface area contributed by atoms with Gasteiger partial charge in [0, 0.05) is 33.0 Å². The topological polar surface area (TPSA) is 60.4 Å². The Kier molecular flexibility index (Phi) is 5.88. The summed E-state index contributed by atoms with van der Waals surface area (Å²) in [5.74, 6) is -3.05. The zero-order chi connectivity index (χ0) is 22.1. The van der Waals surface area contributed by atoms with Crippen LogP contribution in [0.15, 0.2) is 77.3 Å². The first-order chi connectivity index (χ1) is 14.9. The highest BCUT2D eigenvalue weighted by Gasteiger charge is 2.47. The van der Waals surface area contributed by atoms with Gasteiger partial charge in [-0.2, -0.15) is 0 Å². The Morgan fingerprint density at radius 2 is 1.61 bits per heavy atom. The van der Waals surface area contributed by atoms with E-state index in [9.17, 15) is 14.4 Å². The van der Waals surface area contributed by atoms with E-state index in [1.807, 2.05) is 31.2 Å². The lowest BCUT2D eigenvalue weighted by Gasteiger charge is -2.34. The molecule has 1 aliphatic rings. The van der Waals surface area contributed by atoms with Crippen LogP contribution >= 0.6 is 15.9 Å². The number of carbonyl (C=O) groups excluding carboxylic acids is 3. The Balaban J connectivity index is 1.81. The summed E-state index contributed by atoms with van der Waals surface area (Å²) in [4.78, 5) is 39.8. The van der Waals surface area contributed by atoms with Gasteiger partial charge in [0.2, 0.25) is 0 Å². The molecular weight excluding hydrogens is 456 g/mol. The molecule has 0 saturated heterocycles.